The van der Waals surface area contributed by atoms with Crippen molar-refractivity contribution in [3.05, 3.63) is 34.8 Å². The van der Waals surface area contributed by atoms with Crippen LogP contribution in [0, 0.1) is 6.92 Å². The summed E-state index contributed by atoms with van der Waals surface area (Å²) in [6.45, 7) is 2.81. The first-order valence-electron chi connectivity index (χ1n) is 5.26. The number of aryl methyl sites for hydroxylation is 1. The molecule has 0 amide bonds. The van der Waals surface area contributed by atoms with Crippen LogP contribution < -0.4 is 16.2 Å². The molecule has 0 aliphatic carbocycles. The SMILES string of the molecule is Cc1cccc(N(C)Cc2nnc(NN)s2)c1. The quantitative estimate of drug-likeness (QED) is 0.638. The van der Waals surface area contributed by atoms with Crippen LogP contribution in [0.4, 0.5) is 10.8 Å². The summed E-state index contributed by atoms with van der Waals surface area (Å²) < 4.78 is 0. The Kier molecular flexibility index (Phi) is 3.55. The smallest absolute Gasteiger partial charge is 0.219 e. The number of benzene rings is 1. The molecule has 6 heteroatoms. The van der Waals surface area contributed by atoms with Crippen LogP contribution in [-0.4, -0.2) is 17.2 Å². The number of hydrazine groups is 1. The summed E-state index contributed by atoms with van der Waals surface area (Å²) in [5.41, 5.74) is 4.91. The number of nitrogens with one attached hydrogen (secondary N) is 1. The summed E-state index contributed by atoms with van der Waals surface area (Å²) >= 11 is 1.46. The third-order valence-corrected chi connectivity index (χ3v) is 3.24. The Labute approximate surface area is 104 Å². The molecule has 1 aromatic carbocycles. The second-order valence-electron chi connectivity index (χ2n) is 3.84. The minimum atomic E-state index is 0.637. The molecule has 0 saturated heterocycles. The van der Waals surface area contributed by atoms with Crippen molar-refractivity contribution < 1.29 is 0 Å². The lowest BCUT2D eigenvalue weighted by Crippen LogP contribution is -2.16. The van der Waals surface area contributed by atoms with E-state index >= 15 is 0 Å². The Morgan fingerprint density at radius 2 is 2.24 bits per heavy atom. The van der Waals surface area contributed by atoms with E-state index in [1.165, 1.54) is 22.6 Å². The third kappa shape index (κ3) is 2.92. The highest BCUT2D eigenvalue weighted by Crippen LogP contribution is 2.20. The predicted molar refractivity (Wildman–Crippen MR) is 71.0 cm³/mol. The molecule has 0 fully saturated rings. The van der Waals surface area contributed by atoms with Gasteiger partial charge in [-0.1, -0.05) is 23.5 Å². The average molecular weight is 249 g/mol. The molecule has 1 aromatic heterocycles. The first kappa shape index (κ1) is 11.8. The van der Waals surface area contributed by atoms with Crippen LogP contribution in [0.15, 0.2) is 24.3 Å². The molecule has 17 heavy (non-hydrogen) atoms. The number of nitrogen functional groups attached to an aromatic ring is 1. The van der Waals surface area contributed by atoms with Crippen LogP contribution in [0.3, 0.4) is 0 Å². The molecule has 5 nitrogen and oxygen atoms in total. The first-order valence-corrected chi connectivity index (χ1v) is 6.07. The maximum absolute atomic E-state index is 5.27. The highest BCUT2D eigenvalue weighted by Gasteiger charge is 2.07. The van der Waals surface area contributed by atoms with Gasteiger partial charge in [0.1, 0.15) is 5.01 Å². The molecule has 0 atom stereocenters. The van der Waals surface area contributed by atoms with E-state index in [9.17, 15) is 0 Å². The van der Waals surface area contributed by atoms with E-state index < -0.39 is 0 Å². The van der Waals surface area contributed by atoms with Gasteiger partial charge in [-0.2, -0.15) is 0 Å². The van der Waals surface area contributed by atoms with Crippen molar-refractivity contribution in [1.82, 2.24) is 10.2 Å². The summed E-state index contributed by atoms with van der Waals surface area (Å²) in [5, 5.41) is 9.53. The van der Waals surface area contributed by atoms with Crippen LogP contribution in [0.2, 0.25) is 0 Å². The average Bonchev–Trinajstić information content (AvgIpc) is 2.77. The lowest BCUT2D eigenvalue weighted by atomic mass is 10.2. The number of nitrogens with zero attached hydrogens (tertiary/aromatic N) is 3. The van der Waals surface area contributed by atoms with Crippen molar-refractivity contribution in [3.8, 4) is 0 Å². The summed E-state index contributed by atoms with van der Waals surface area (Å²) in [4.78, 5) is 2.13. The fourth-order valence-electron chi connectivity index (χ4n) is 1.54. The molecule has 0 bridgehead atoms. The van der Waals surface area contributed by atoms with E-state index in [1.54, 1.807) is 0 Å². The number of rotatable bonds is 4. The minimum Gasteiger partial charge on any atom is -0.368 e. The molecule has 0 radical (unpaired) electrons. The first-order chi connectivity index (χ1) is 8.19. The molecule has 90 valence electrons. The summed E-state index contributed by atoms with van der Waals surface area (Å²) in [7, 11) is 2.03. The van der Waals surface area contributed by atoms with Crippen LogP contribution in [0.25, 0.3) is 0 Å². The van der Waals surface area contributed by atoms with Gasteiger partial charge in [0.2, 0.25) is 5.13 Å². The van der Waals surface area contributed by atoms with Gasteiger partial charge in [-0.05, 0) is 24.6 Å². The van der Waals surface area contributed by atoms with Gasteiger partial charge in [0.15, 0.2) is 0 Å². The fourth-order valence-corrected chi connectivity index (χ4v) is 2.24. The number of hydrogen-bond donors (Lipinski definition) is 2. The Morgan fingerprint density at radius 3 is 2.88 bits per heavy atom. The second kappa shape index (κ2) is 5.11. The number of nitrogens with two attached hydrogens (primary N) is 1. The van der Waals surface area contributed by atoms with Crippen LogP contribution >= 0.6 is 11.3 Å². The second-order valence-corrected chi connectivity index (χ2v) is 4.90. The maximum Gasteiger partial charge on any atom is 0.219 e. The van der Waals surface area contributed by atoms with E-state index in [0.717, 1.165) is 11.6 Å². The standard InChI is InChI=1S/C11H15N5S/c1-8-4-3-5-9(6-8)16(2)7-10-14-15-11(13-12)17-10/h3-6H,7,12H2,1-2H3,(H,13,15). The number of aromatic nitrogens is 2. The fraction of sp³-hybridized carbons (Fsp3) is 0.273. The summed E-state index contributed by atoms with van der Waals surface area (Å²) in [6.07, 6.45) is 0. The zero-order valence-corrected chi connectivity index (χ0v) is 10.7. The molecule has 1 heterocycles. The normalized spacial score (nSPS) is 10.3. The highest BCUT2D eigenvalue weighted by atomic mass is 32.1. The van der Waals surface area contributed by atoms with Gasteiger partial charge >= 0.3 is 0 Å². The van der Waals surface area contributed by atoms with E-state index in [-0.39, 0.29) is 0 Å². The molecule has 2 aromatic rings. The van der Waals surface area contributed by atoms with Crippen LogP contribution in [0.1, 0.15) is 10.6 Å². The molecule has 0 unspecified atom stereocenters. The van der Waals surface area contributed by atoms with Crippen molar-refractivity contribution in [2.45, 2.75) is 13.5 Å². The Bertz CT molecular complexity index is 496. The van der Waals surface area contributed by atoms with Gasteiger partial charge < -0.3 is 4.90 Å². The van der Waals surface area contributed by atoms with Crippen molar-refractivity contribution in [1.29, 1.82) is 0 Å². The van der Waals surface area contributed by atoms with Gasteiger partial charge in [0.25, 0.3) is 0 Å². The van der Waals surface area contributed by atoms with Gasteiger partial charge in [-0.3, -0.25) is 5.43 Å². The topological polar surface area (TPSA) is 67.1 Å². The van der Waals surface area contributed by atoms with Crippen molar-refractivity contribution in [2.24, 2.45) is 5.84 Å². The maximum atomic E-state index is 5.27. The van der Waals surface area contributed by atoms with Gasteiger partial charge in [-0.15, -0.1) is 10.2 Å². The summed E-state index contributed by atoms with van der Waals surface area (Å²) in [5.74, 6) is 5.27. The van der Waals surface area contributed by atoms with E-state index in [4.69, 9.17) is 5.84 Å². The highest BCUT2D eigenvalue weighted by molar-refractivity contribution is 7.15. The minimum absolute atomic E-state index is 0.637. The van der Waals surface area contributed by atoms with Gasteiger partial charge in [0.05, 0.1) is 6.54 Å². The largest absolute Gasteiger partial charge is 0.368 e. The molecule has 3 N–H and O–H groups in total. The van der Waals surface area contributed by atoms with Gasteiger partial charge in [-0.25, -0.2) is 5.84 Å². The zero-order valence-electron chi connectivity index (χ0n) is 9.84. The van der Waals surface area contributed by atoms with E-state index in [0.29, 0.717) is 5.13 Å². The molecular formula is C11H15N5S. The van der Waals surface area contributed by atoms with Crippen LogP contribution in [-0.2, 0) is 6.54 Å². The van der Waals surface area contributed by atoms with Crippen LogP contribution in [0.5, 0.6) is 0 Å². The van der Waals surface area contributed by atoms with E-state index in [1.807, 2.05) is 13.1 Å². The molecule has 0 saturated carbocycles. The van der Waals surface area contributed by atoms with E-state index in [2.05, 4.69) is 45.6 Å². The predicted octanol–water partition coefficient (Wildman–Crippen LogP) is 1.77. The van der Waals surface area contributed by atoms with Crippen molar-refractivity contribution in [2.75, 3.05) is 17.4 Å². The lowest BCUT2D eigenvalue weighted by molar-refractivity contribution is 0.880. The number of anilines is 2. The molecule has 0 aliphatic rings. The Morgan fingerprint density at radius 1 is 1.41 bits per heavy atom. The Hall–Kier alpha value is -1.66. The molecule has 2 rings (SSSR count). The zero-order chi connectivity index (χ0) is 12.3. The number of hydrogen-bond acceptors (Lipinski definition) is 6. The third-order valence-electron chi connectivity index (χ3n) is 2.41. The monoisotopic (exact) mass is 249 g/mol. The summed E-state index contributed by atoms with van der Waals surface area (Å²) in [6, 6.07) is 8.35. The van der Waals surface area contributed by atoms with Gasteiger partial charge in [0, 0.05) is 12.7 Å². The molecule has 0 aliphatic heterocycles. The molecular weight excluding hydrogens is 234 g/mol. The van der Waals surface area contributed by atoms with Crippen molar-refractivity contribution >= 4 is 22.2 Å². The lowest BCUT2D eigenvalue weighted by Gasteiger charge is -2.17. The molecule has 0 spiro atoms. The van der Waals surface area contributed by atoms with Crippen molar-refractivity contribution in [3.63, 3.8) is 0 Å². The Balaban J connectivity index is 2.08.